The fraction of sp³-hybridized carbons (Fsp3) is 0.300. The summed E-state index contributed by atoms with van der Waals surface area (Å²) < 4.78 is 26.3. The normalized spacial score (nSPS) is 22.8. The van der Waals surface area contributed by atoms with E-state index >= 15 is 0 Å². The molecule has 1 heterocycles. The number of hydrogen-bond acceptors (Lipinski definition) is 5. The van der Waals surface area contributed by atoms with Crippen LogP contribution in [0.5, 0.6) is 0 Å². The Balaban J connectivity index is 1.80. The third kappa shape index (κ3) is 3.31. The smallest absolute Gasteiger partial charge is 0.269 e. The molecule has 4 rings (SSSR count). The minimum Gasteiger partial charge on any atom is -0.378 e. The SMILES string of the molecule is CN(C)S(=O)(=O)c1ccc2c(c1)C1C=CCC1C(c1cc([N+](=O)[O-])ccc1Cl)N2. The first-order chi connectivity index (χ1) is 13.7. The average Bonchev–Trinajstić information content (AvgIpc) is 3.17. The number of nitrogens with one attached hydrogen (secondary N) is 1. The van der Waals surface area contributed by atoms with Gasteiger partial charge in [-0.05, 0) is 42.2 Å². The van der Waals surface area contributed by atoms with Crippen LogP contribution in [0.1, 0.15) is 29.5 Å². The molecule has 0 radical (unpaired) electrons. The molecule has 2 aliphatic rings. The molecule has 0 aromatic heterocycles. The lowest BCUT2D eigenvalue weighted by Gasteiger charge is -2.38. The van der Waals surface area contributed by atoms with Gasteiger partial charge >= 0.3 is 0 Å². The van der Waals surface area contributed by atoms with Gasteiger partial charge in [-0.25, -0.2) is 12.7 Å². The van der Waals surface area contributed by atoms with Crippen LogP contribution in [0.3, 0.4) is 0 Å². The number of halogens is 1. The highest BCUT2D eigenvalue weighted by molar-refractivity contribution is 7.89. The lowest BCUT2D eigenvalue weighted by atomic mass is 9.77. The number of nitro groups is 1. The third-order valence-corrected chi connectivity index (χ3v) is 7.79. The van der Waals surface area contributed by atoms with Crippen molar-refractivity contribution in [3.8, 4) is 0 Å². The predicted molar refractivity (Wildman–Crippen MR) is 112 cm³/mol. The molecule has 1 aliphatic carbocycles. The highest BCUT2D eigenvalue weighted by atomic mass is 35.5. The molecule has 3 atom stereocenters. The number of non-ortho nitro benzene ring substituents is 1. The van der Waals surface area contributed by atoms with Crippen molar-refractivity contribution in [1.29, 1.82) is 0 Å². The van der Waals surface area contributed by atoms with Crippen molar-refractivity contribution in [3.63, 3.8) is 0 Å². The molecule has 3 unspecified atom stereocenters. The van der Waals surface area contributed by atoms with Crippen molar-refractivity contribution in [2.75, 3.05) is 19.4 Å². The number of hydrogen-bond donors (Lipinski definition) is 1. The second-order valence-electron chi connectivity index (χ2n) is 7.47. The van der Waals surface area contributed by atoms with Gasteiger partial charge in [0.2, 0.25) is 10.0 Å². The zero-order valence-electron chi connectivity index (χ0n) is 15.9. The van der Waals surface area contributed by atoms with Gasteiger partial charge < -0.3 is 5.32 Å². The molecule has 0 saturated heterocycles. The van der Waals surface area contributed by atoms with Crippen LogP contribution in [0.15, 0.2) is 53.4 Å². The maximum Gasteiger partial charge on any atom is 0.269 e. The summed E-state index contributed by atoms with van der Waals surface area (Å²) in [7, 11) is -0.530. The van der Waals surface area contributed by atoms with Crippen LogP contribution in [-0.4, -0.2) is 31.7 Å². The van der Waals surface area contributed by atoms with Crippen molar-refractivity contribution in [3.05, 3.63) is 74.8 Å². The Morgan fingerprint density at radius 1 is 1.17 bits per heavy atom. The van der Waals surface area contributed by atoms with Crippen LogP contribution < -0.4 is 5.32 Å². The fourth-order valence-corrected chi connectivity index (χ4v) is 5.31. The standard InChI is InChI=1S/C20H20ClN3O4S/c1-23(2)29(27,28)13-7-9-19-16(11-13)14-4-3-5-15(14)20(22-19)17-10-12(24(25)26)6-8-18(17)21/h3-4,6-11,14-15,20,22H,5H2,1-2H3. The fourth-order valence-electron chi connectivity index (χ4n) is 4.13. The molecule has 0 spiro atoms. The first-order valence-electron chi connectivity index (χ1n) is 9.13. The van der Waals surface area contributed by atoms with E-state index in [2.05, 4.69) is 17.5 Å². The molecule has 2 aromatic carbocycles. The Hall–Kier alpha value is -2.42. The van der Waals surface area contributed by atoms with Gasteiger partial charge in [-0.1, -0.05) is 23.8 Å². The number of nitrogens with zero attached hydrogens (tertiary/aromatic N) is 2. The van der Waals surface area contributed by atoms with Gasteiger partial charge in [0.15, 0.2) is 0 Å². The predicted octanol–water partition coefficient (Wildman–Crippen LogP) is 4.33. The molecule has 0 bridgehead atoms. The van der Waals surface area contributed by atoms with E-state index in [0.717, 1.165) is 17.7 Å². The van der Waals surface area contributed by atoms with Crippen LogP contribution in [0.25, 0.3) is 0 Å². The van der Waals surface area contributed by atoms with Gasteiger partial charge in [0.1, 0.15) is 0 Å². The first kappa shape index (κ1) is 19.9. The zero-order valence-corrected chi connectivity index (χ0v) is 17.4. The van der Waals surface area contributed by atoms with Crippen LogP contribution in [0.2, 0.25) is 5.02 Å². The van der Waals surface area contributed by atoms with Gasteiger partial charge in [0.05, 0.1) is 15.9 Å². The molecule has 2 aromatic rings. The minimum atomic E-state index is -3.54. The number of sulfonamides is 1. The maximum atomic E-state index is 12.5. The summed E-state index contributed by atoms with van der Waals surface area (Å²) in [6.45, 7) is 0. The summed E-state index contributed by atoms with van der Waals surface area (Å²) in [5.41, 5.74) is 2.38. The Morgan fingerprint density at radius 2 is 1.93 bits per heavy atom. The maximum absolute atomic E-state index is 12.5. The van der Waals surface area contributed by atoms with Crippen molar-refractivity contribution in [2.24, 2.45) is 5.92 Å². The monoisotopic (exact) mass is 433 g/mol. The molecule has 0 saturated carbocycles. The number of nitro benzene ring substituents is 1. The average molecular weight is 434 g/mol. The van der Waals surface area contributed by atoms with Crippen molar-refractivity contribution in [2.45, 2.75) is 23.3 Å². The highest BCUT2D eigenvalue weighted by Crippen LogP contribution is 2.51. The molecule has 7 nitrogen and oxygen atoms in total. The van der Waals surface area contributed by atoms with Crippen LogP contribution >= 0.6 is 11.6 Å². The summed E-state index contributed by atoms with van der Waals surface area (Å²) in [6, 6.07) is 9.30. The molecule has 9 heteroatoms. The topological polar surface area (TPSA) is 92.5 Å². The lowest BCUT2D eigenvalue weighted by Crippen LogP contribution is -2.30. The number of fused-ring (bicyclic) bond motifs is 3. The number of allylic oxidation sites excluding steroid dienone is 2. The summed E-state index contributed by atoms with van der Waals surface area (Å²) in [5, 5.41) is 15.1. The van der Waals surface area contributed by atoms with E-state index in [-0.39, 0.29) is 28.5 Å². The van der Waals surface area contributed by atoms with E-state index in [4.69, 9.17) is 11.6 Å². The summed E-state index contributed by atoms with van der Waals surface area (Å²) >= 11 is 6.40. The first-order valence-corrected chi connectivity index (χ1v) is 11.0. The quantitative estimate of drug-likeness (QED) is 0.440. The molecule has 1 aliphatic heterocycles. The van der Waals surface area contributed by atoms with E-state index < -0.39 is 14.9 Å². The third-order valence-electron chi connectivity index (χ3n) is 5.64. The van der Waals surface area contributed by atoms with E-state index in [0.29, 0.717) is 10.6 Å². The van der Waals surface area contributed by atoms with E-state index in [9.17, 15) is 18.5 Å². The molecule has 0 fully saturated rings. The van der Waals surface area contributed by atoms with Gasteiger partial charge in [-0.15, -0.1) is 0 Å². The van der Waals surface area contributed by atoms with Crippen LogP contribution in [0.4, 0.5) is 11.4 Å². The van der Waals surface area contributed by atoms with Gasteiger partial charge in [0.25, 0.3) is 5.69 Å². The van der Waals surface area contributed by atoms with Gasteiger partial charge in [0, 0.05) is 48.4 Å². The minimum absolute atomic E-state index is 0.00360. The summed E-state index contributed by atoms with van der Waals surface area (Å²) in [5.74, 6) is 0.0863. The summed E-state index contributed by atoms with van der Waals surface area (Å²) in [4.78, 5) is 11.0. The Kier molecular flexibility index (Phi) is 4.88. The number of anilines is 1. The van der Waals surface area contributed by atoms with Crippen LogP contribution in [0, 0.1) is 16.0 Å². The molecular weight excluding hydrogens is 414 g/mol. The second-order valence-corrected chi connectivity index (χ2v) is 10.0. The Bertz CT molecular complexity index is 1130. The number of benzene rings is 2. The van der Waals surface area contributed by atoms with Gasteiger partial charge in [-0.2, -0.15) is 0 Å². The molecule has 0 amide bonds. The number of rotatable bonds is 4. The largest absolute Gasteiger partial charge is 0.378 e. The van der Waals surface area contributed by atoms with Crippen LogP contribution in [-0.2, 0) is 10.0 Å². The van der Waals surface area contributed by atoms with Gasteiger partial charge in [-0.3, -0.25) is 10.1 Å². The van der Waals surface area contributed by atoms with E-state index in [1.54, 1.807) is 24.3 Å². The molecule has 152 valence electrons. The molecule has 1 N–H and O–H groups in total. The van der Waals surface area contributed by atoms with E-state index in [1.165, 1.54) is 30.5 Å². The van der Waals surface area contributed by atoms with E-state index in [1.807, 2.05) is 0 Å². The zero-order chi connectivity index (χ0) is 20.9. The molecular formula is C20H20ClN3O4S. The van der Waals surface area contributed by atoms with Crippen molar-refractivity contribution in [1.82, 2.24) is 4.31 Å². The van der Waals surface area contributed by atoms with Crippen molar-refractivity contribution >= 4 is 33.0 Å². The Labute approximate surface area is 174 Å². The van der Waals surface area contributed by atoms with Crippen molar-refractivity contribution < 1.29 is 13.3 Å². The lowest BCUT2D eigenvalue weighted by molar-refractivity contribution is -0.384. The molecule has 29 heavy (non-hydrogen) atoms. The summed E-state index contributed by atoms with van der Waals surface area (Å²) in [6.07, 6.45) is 4.91. The highest BCUT2D eigenvalue weighted by Gasteiger charge is 2.39. The second kappa shape index (κ2) is 7.12. The Morgan fingerprint density at radius 3 is 2.62 bits per heavy atom.